The van der Waals surface area contributed by atoms with Crippen molar-refractivity contribution in [3.63, 3.8) is 0 Å². The zero-order chi connectivity index (χ0) is 23.1. The Morgan fingerprint density at radius 2 is 1.91 bits per heavy atom. The first kappa shape index (κ1) is 22.3. The number of carbonyl (C=O) groups is 2. The molecule has 1 fully saturated rings. The van der Waals surface area contributed by atoms with Crippen LogP contribution < -0.4 is 15.4 Å². The van der Waals surface area contributed by atoms with Crippen molar-refractivity contribution in [1.29, 1.82) is 0 Å². The van der Waals surface area contributed by atoms with Gasteiger partial charge in [0.2, 0.25) is 5.88 Å². The molecule has 0 unspecified atom stereocenters. The van der Waals surface area contributed by atoms with Gasteiger partial charge in [0.25, 0.3) is 0 Å². The molecule has 1 aromatic carbocycles. The molecule has 3 heterocycles. The molecule has 1 aliphatic carbocycles. The SMILES string of the molecule is CN1CCN(C(=O)N[C@H]2c3ccccc3C[C@@H]2NC(=O)Oc2cc3sc(Cl)c(Cl)c3[nH]2)CC1. The molecule has 0 radical (unpaired) electrons. The Kier molecular flexibility index (Phi) is 6.13. The van der Waals surface area contributed by atoms with Gasteiger partial charge in [-0.05, 0) is 24.6 Å². The highest BCUT2D eigenvalue weighted by molar-refractivity contribution is 7.23. The minimum absolute atomic E-state index is 0.124. The van der Waals surface area contributed by atoms with Gasteiger partial charge < -0.3 is 30.2 Å². The molecule has 1 aliphatic heterocycles. The van der Waals surface area contributed by atoms with E-state index in [0.717, 1.165) is 28.9 Å². The summed E-state index contributed by atoms with van der Waals surface area (Å²) < 4.78 is 6.75. The van der Waals surface area contributed by atoms with Crippen molar-refractivity contribution in [2.24, 2.45) is 0 Å². The Labute approximate surface area is 204 Å². The number of urea groups is 1. The maximum absolute atomic E-state index is 12.9. The van der Waals surface area contributed by atoms with Crippen LogP contribution in [0.15, 0.2) is 30.3 Å². The summed E-state index contributed by atoms with van der Waals surface area (Å²) in [6.07, 6.45) is -0.0111. The third-order valence-electron chi connectivity index (χ3n) is 6.16. The standard InChI is InChI=1S/C22H23Cl2N5O3S/c1-28-6-8-29(9-7-28)21(30)27-18-13-5-3-2-4-12(13)10-14(18)25-22(31)32-16-11-15-19(26-16)17(23)20(24)33-15/h2-5,11,14,18,26H,6-10H2,1H3,(H,25,31)(H,27,30)/t14-,18-/m0/s1. The number of thiophene rings is 1. The van der Waals surface area contributed by atoms with Crippen LogP contribution in [0.3, 0.4) is 0 Å². The lowest BCUT2D eigenvalue weighted by molar-refractivity contribution is 0.149. The first-order valence-electron chi connectivity index (χ1n) is 10.7. The Morgan fingerprint density at radius 3 is 2.67 bits per heavy atom. The number of carbonyl (C=O) groups excluding carboxylic acids is 2. The summed E-state index contributed by atoms with van der Waals surface area (Å²) in [7, 11) is 2.05. The zero-order valence-electron chi connectivity index (χ0n) is 17.9. The maximum atomic E-state index is 12.9. The van der Waals surface area contributed by atoms with Crippen LogP contribution in [0, 0.1) is 0 Å². The number of likely N-dealkylation sites (N-methyl/N-ethyl adjacent to an activating group) is 1. The molecule has 174 valence electrons. The molecule has 0 spiro atoms. The summed E-state index contributed by atoms with van der Waals surface area (Å²) in [5.41, 5.74) is 2.74. The molecule has 3 amide bonds. The van der Waals surface area contributed by atoms with E-state index >= 15 is 0 Å². The van der Waals surface area contributed by atoms with Gasteiger partial charge in [-0.2, -0.15) is 0 Å². The molecule has 3 aromatic rings. The molecule has 0 saturated carbocycles. The van der Waals surface area contributed by atoms with Gasteiger partial charge in [0, 0.05) is 32.2 Å². The van der Waals surface area contributed by atoms with Crippen molar-refractivity contribution in [1.82, 2.24) is 25.4 Å². The summed E-state index contributed by atoms with van der Waals surface area (Å²) >= 11 is 13.5. The Morgan fingerprint density at radius 1 is 1.15 bits per heavy atom. The quantitative estimate of drug-likeness (QED) is 0.494. The Hall–Kier alpha value is -2.46. The Bertz CT molecular complexity index is 1200. The normalized spacial score (nSPS) is 20.6. The highest BCUT2D eigenvalue weighted by Gasteiger charge is 2.36. The molecule has 0 bridgehead atoms. The van der Waals surface area contributed by atoms with E-state index in [1.807, 2.05) is 36.2 Å². The number of nitrogens with one attached hydrogen (secondary N) is 3. The summed E-state index contributed by atoms with van der Waals surface area (Å²) in [5, 5.41) is 6.46. The number of amides is 3. The van der Waals surface area contributed by atoms with Crippen LogP contribution in [0.2, 0.25) is 9.36 Å². The van der Waals surface area contributed by atoms with Gasteiger partial charge in [-0.15, -0.1) is 11.3 Å². The van der Waals surface area contributed by atoms with Crippen molar-refractivity contribution < 1.29 is 14.3 Å². The third-order valence-corrected chi connectivity index (χ3v) is 8.09. The van der Waals surface area contributed by atoms with Crippen molar-refractivity contribution >= 4 is 56.9 Å². The average molecular weight is 508 g/mol. The minimum Gasteiger partial charge on any atom is -0.393 e. The molecule has 1 saturated heterocycles. The predicted octanol–water partition coefficient (Wildman–Crippen LogP) is 4.25. The number of halogens is 2. The maximum Gasteiger partial charge on any atom is 0.414 e. The molecule has 2 aromatic heterocycles. The highest BCUT2D eigenvalue weighted by Crippen LogP contribution is 2.40. The molecule has 2 atom stereocenters. The van der Waals surface area contributed by atoms with E-state index in [1.165, 1.54) is 11.3 Å². The number of hydrogen-bond acceptors (Lipinski definition) is 5. The number of hydrogen-bond donors (Lipinski definition) is 3. The average Bonchev–Trinajstić information content (AvgIpc) is 3.41. The third kappa shape index (κ3) is 4.50. The number of rotatable bonds is 3. The van der Waals surface area contributed by atoms with Crippen molar-refractivity contribution in [2.45, 2.75) is 18.5 Å². The van der Waals surface area contributed by atoms with Crippen LogP contribution in [0.1, 0.15) is 17.2 Å². The fourth-order valence-corrected chi connectivity index (χ4v) is 5.84. The molecular formula is C22H23Cl2N5O3S. The first-order valence-corrected chi connectivity index (χ1v) is 12.2. The number of nitrogens with zero attached hydrogens (tertiary/aromatic N) is 2. The molecule has 5 rings (SSSR count). The van der Waals surface area contributed by atoms with Crippen LogP contribution in [0.5, 0.6) is 5.88 Å². The van der Waals surface area contributed by atoms with E-state index < -0.39 is 6.09 Å². The number of piperazine rings is 1. The topological polar surface area (TPSA) is 89.7 Å². The van der Waals surface area contributed by atoms with E-state index in [9.17, 15) is 9.59 Å². The van der Waals surface area contributed by atoms with E-state index in [4.69, 9.17) is 27.9 Å². The second-order valence-electron chi connectivity index (χ2n) is 8.32. The van der Waals surface area contributed by atoms with Gasteiger partial charge in [-0.1, -0.05) is 47.5 Å². The molecule has 3 N–H and O–H groups in total. The van der Waals surface area contributed by atoms with Crippen LogP contribution in [-0.2, 0) is 6.42 Å². The van der Waals surface area contributed by atoms with E-state index in [-0.39, 0.29) is 24.0 Å². The fourth-order valence-electron chi connectivity index (χ4n) is 4.37. The van der Waals surface area contributed by atoms with Crippen molar-refractivity contribution in [3.8, 4) is 5.88 Å². The van der Waals surface area contributed by atoms with Gasteiger partial charge in [0.15, 0.2) is 0 Å². The lowest BCUT2D eigenvalue weighted by atomic mass is 10.1. The van der Waals surface area contributed by atoms with Crippen molar-refractivity contribution in [2.75, 3.05) is 33.2 Å². The predicted molar refractivity (Wildman–Crippen MR) is 130 cm³/mol. The fraction of sp³-hybridized carbons (Fsp3) is 0.364. The molecule has 33 heavy (non-hydrogen) atoms. The van der Waals surface area contributed by atoms with Gasteiger partial charge in [0.05, 0.1) is 27.3 Å². The first-order chi connectivity index (χ1) is 15.9. The molecule has 2 aliphatic rings. The minimum atomic E-state index is -0.609. The summed E-state index contributed by atoms with van der Waals surface area (Å²) in [6.45, 7) is 3.03. The largest absolute Gasteiger partial charge is 0.414 e. The molecular weight excluding hydrogens is 485 g/mol. The van der Waals surface area contributed by atoms with Crippen LogP contribution in [0.25, 0.3) is 10.2 Å². The second-order valence-corrected chi connectivity index (χ2v) is 10.4. The molecule has 11 heteroatoms. The Balaban J connectivity index is 1.28. The number of H-pyrrole nitrogens is 1. The lowest BCUT2D eigenvalue weighted by Gasteiger charge is -2.34. The zero-order valence-corrected chi connectivity index (χ0v) is 20.2. The monoisotopic (exact) mass is 507 g/mol. The number of fused-ring (bicyclic) bond motifs is 2. The van der Waals surface area contributed by atoms with Gasteiger partial charge in [0.1, 0.15) is 4.34 Å². The number of ether oxygens (including phenoxy) is 1. The van der Waals surface area contributed by atoms with Gasteiger partial charge in [-0.3, -0.25) is 0 Å². The number of benzene rings is 1. The van der Waals surface area contributed by atoms with Crippen molar-refractivity contribution in [3.05, 3.63) is 50.8 Å². The highest BCUT2D eigenvalue weighted by atomic mass is 35.5. The van der Waals surface area contributed by atoms with E-state index in [2.05, 4.69) is 20.5 Å². The summed E-state index contributed by atoms with van der Waals surface area (Å²) in [6, 6.07) is 8.79. The van der Waals surface area contributed by atoms with Gasteiger partial charge in [-0.25, -0.2) is 9.59 Å². The lowest BCUT2D eigenvalue weighted by Crippen LogP contribution is -2.53. The summed E-state index contributed by atoms with van der Waals surface area (Å²) in [4.78, 5) is 32.6. The number of aromatic nitrogens is 1. The smallest absolute Gasteiger partial charge is 0.393 e. The summed E-state index contributed by atoms with van der Waals surface area (Å²) in [5.74, 6) is 0.279. The van der Waals surface area contributed by atoms with Crippen LogP contribution in [-0.4, -0.2) is 66.2 Å². The van der Waals surface area contributed by atoms with E-state index in [0.29, 0.717) is 34.4 Å². The van der Waals surface area contributed by atoms with E-state index in [1.54, 1.807) is 6.07 Å². The molecule has 8 nitrogen and oxygen atoms in total. The van der Waals surface area contributed by atoms with Gasteiger partial charge >= 0.3 is 12.1 Å². The number of aromatic amines is 1. The second kappa shape index (κ2) is 9.06. The van der Waals surface area contributed by atoms with Crippen LogP contribution >= 0.6 is 34.5 Å². The van der Waals surface area contributed by atoms with Crippen LogP contribution in [0.4, 0.5) is 9.59 Å².